The quantitative estimate of drug-likeness (QED) is 0.651. The third kappa shape index (κ3) is 5.06. The average Bonchev–Trinajstić information content (AvgIpc) is 3.42. The van der Waals surface area contributed by atoms with Crippen LogP contribution in [-0.4, -0.2) is 73.1 Å². The summed E-state index contributed by atoms with van der Waals surface area (Å²) < 4.78 is 5.02. The van der Waals surface area contributed by atoms with Crippen LogP contribution < -0.4 is 11.1 Å². The largest absolute Gasteiger partial charge is 0.375 e. The topological polar surface area (TPSA) is 87.9 Å². The molecule has 1 aromatic rings. The van der Waals surface area contributed by atoms with Crippen molar-refractivity contribution in [2.75, 3.05) is 33.4 Å². The molecule has 0 spiro atoms. The third-order valence-corrected chi connectivity index (χ3v) is 5.31. The Morgan fingerprint density at radius 2 is 2.00 bits per heavy atom. The van der Waals surface area contributed by atoms with Crippen molar-refractivity contribution >= 4 is 11.8 Å². The monoisotopic (exact) mass is 374 g/mol. The van der Waals surface area contributed by atoms with Crippen molar-refractivity contribution < 1.29 is 14.3 Å². The second-order valence-electron chi connectivity index (χ2n) is 7.35. The normalized spacial score (nSPS) is 22.3. The summed E-state index contributed by atoms with van der Waals surface area (Å²) in [5, 5.41) is 2.84. The molecule has 1 aliphatic carbocycles. The Labute approximate surface area is 160 Å². The molecule has 1 saturated carbocycles. The zero-order valence-corrected chi connectivity index (χ0v) is 16.0. The van der Waals surface area contributed by atoms with Crippen LogP contribution in [0.25, 0.3) is 0 Å². The molecular weight excluding hydrogens is 344 g/mol. The van der Waals surface area contributed by atoms with Crippen LogP contribution >= 0.6 is 0 Å². The highest BCUT2D eigenvalue weighted by atomic mass is 16.5. The molecule has 0 bridgehead atoms. The number of amides is 2. The van der Waals surface area contributed by atoms with Crippen LogP contribution in [-0.2, 0) is 20.9 Å². The van der Waals surface area contributed by atoms with Crippen molar-refractivity contribution in [3.63, 3.8) is 0 Å². The first-order chi connectivity index (χ1) is 13.1. The van der Waals surface area contributed by atoms with Crippen LogP contribution in [0.1, 0.15) is 24.8 Å². The molecule has 1 saturated heterocycles. The van der Waals surface area contributed by atoms with Crippen molar-refractivity contribution in [1.29, 1.82) is 0 Å². The molecule has 2 aliphatic rings. The van der Waals surface area contributed by atoms with Gasteiger partial charge in [0.1, 0.15) is 12.6 Å². The molecule has 1 heterocycles. The number of nitrogens with one attached hydrogen (secondary N) is 1. The van der Waals surface area contributed by atoms with Gasteiger partial charge in [-0.25, -0.2) is 0 Å². The lowest BCUT2D eigenvalue weighted by Gasteiger charge is -2.29. The van der Waals surface area contributed by atoms with Gasteiger partial charge < -0.3 is 20.7 Å². The van der Waals surface area contributed by atoms with E-state index in [1.54, 1.807) is 4.90 Å². The fraction of sp³-hybridized carbons (Fsp3) is 0.600. The van der Waals surface area contributed by atoms with E-state index in [9.17, 15) is 9.59 Å². The lowest BCUT2D eigenvalue weighted by atomic mass is 10.1. The number of ether oxygens (including phenoxy) is 1. The van der Waals surface area contributed by atoms with E-state index in [0.717, 1.165) is 6.54 Å². The van der Waals surface area contributed by atoms with Crippen LogP contribution in [0.3, 0.4) is 0 Å². The Morgan fingerprint density at radius 1 is 1.26 bits per heavy atom. The minimum absolute atomic E-state index is 0.00446. The molecule has 0 aromatic heterocycles. The number of carbonyl (C=O) groups is 2. The highest BCUT2D eigenvalue weighted by molar-refractivity contribution is 5.88. The molecule has 1 aromatic carbocycles. The minimum Gasteiger partial charge on any atom is -0.375 e. The molecule has 0 radical (unpaired) electrons. The predicted molar refractivity (Wildman–Crippen MR) is 103 cm³/mol. The number of methoxy groups -OCH3 is 1. The van der Waals surface area contributed by atoms with Crippen LogP contribution in [0.4, 0.5) is 0 Å². The van der Waals surface area contributed by atoms with E-state index in [-0.39, 0.29) is 24.5 Å². The first-order valence-electron chi connectivity index (χ1n) is 9.70. The Hall–Kier alpha value is -1.96. The summed E-state index contributed by atoms with van der Waals surface area (Å²) >= 11 is 0. The summed E-state index contributed by atoms with van der Waals surface area (Å²) in [5.41, 5.74) is 6.76. The Morgan fingerprint density at radius 3 is 2.63 bits per heavy atom. The van der Waals surface area contributed by atoms with Crippen molar-refractivity contribution in [1.82, 2.24) is 15.1 Å². The van der Waals surface area contributed by atoms with E-state index >= 15 is 0 Å². The average molecular weight is 374 g/mol. The second-order valence-corrected chi connectivity index (χ2v) is 7.35. The molecule has 7 heteroatoms. The first kappa shape index (κ1) is 19.8. The van der Waals surface area contributed by atoms with Crippen molar-refractivity contribution in [3.05, 3.63) is 35.9 Å². The van der Waals surface area contributed by atoms with E-state index in [2.05, 4.69) is 22.3 Å². The molecular formula is C20H30N4O3. The van der Waals surface area contributed by atoms with Gasteiger partial charge in [-0.2, -0.15) is 0 Å². The maximum absolute atomic E-state index is 12.6. The maximum atomic E-state index is 12.6. The number of nitrogens with zero attached hydrogens (tertiary/aromatic N) is 2. The molecule has 2 atom stereocenters. The lowest BCUT2D eigenvalue weighted by molar-refractivity contribution is -0.141. The van der Waals surface area contributed by atoms with Crippen molar-refractivity contribution in [3.8, 4) is 0 Å². The van der Waals surface area contributed by atoms with Gasteiger partial charge in [-0.05, 0) is 24.8 Å². The van der Waals surface area contributed by atoms with Gasteiger partial charge in [-0.15, -0.1) is 0 Å². The van der Waals surface area contributed by atoms with E-state index in [1.807, 2.05) is 18.2 Å². The predicted octanol–water partition coefficient (Wildman–Crippen LogP) is 0.342. The molecule has 1 aliphatic heterocycles. The SMILES string of the molecule is COCC(=O)N1CC(N(Cc2ccccc2)C2CC2)CC1C(=O)NCCN. The molecule has 2 unspecified atom stereocenters. The van der Waals surface area contributed by atoms with E-state index in [1.165, 1.54) is 25.5 Å². The highest BCUT2D eigenvalue weighted by Gasteiger charge is 2.44. The summed E-state index contributed by atoms with van der Waals surface area (Å²) in [6.45, 7) is 2.21. The number of hydrogen-bond acceptors (Lipinski definition) is 5. The summed E-state index contributed by atoms with van der Waals surface area (Å²) in [5.74, 6) is -0.258. The number of nitrogens with two attached hydrogens (primary N) is 1. The van der Waals surface area contributed by atoms with Gasteiger partial charge in [-0.3, -0.25) is 14.5 Å². The smallest absolute Gasteiger partial charge is 0.249 e. The van der Waals surface area contributed by atoms with Crippen LogP contribution in [0.15, 0.2) is 30.3 Å². The molecule has 7 nitrogen and oxygen atoms in total. The van der Waals surface area contributed by atoms with Gasteiger partial charge in [0.25, 0.3) is 0 Å². The molecule has 2 amide bonds. The number of carbonyl (C=O) groups excluding carboxylic acids is 2. The molecule has 148 valence electrons. The van der Waals surface area contributed by atoms with Gasteiger partial charge in [0.2, 0.25) is 11.8 Å². The Balaban J connectivity index is 1.73. The van der Waals surface area contributed by atoms with Crippen molar-refractivity contribution in [2.45, 2.75) is 43.9 Å². The number of likely N-dealkylation sites (tertiary alicyclic amines) is 1. The van der Waals surface area contributed by atoms with Gasteiger partial charge in [-0.1, -0.05) is 30.3 Å². The highest BCUT2D eigenvalue weighted by Crippen LogP contribution is 2.34. The zero-order valence-electron chi connectivity index (χ0n) is 16.0. The van der Waals surface area contributed by atoms with Crippen LogP contribution in [0.2, 0.25) is 0 Å². The summed E-state index contributed by atoms with van der Waals surface area (Å²) in [7, 11) is 1.50. The standard InChI is InChI=1S/C20H30N4O3/c1-27-14-19(25)24-13-17(11-18(24)20(26)22-10-9-21)23(16-7-8-16)12-15-5-3-2-4-6-15/h2-6,16-18H,7-14,21H2,1H3,(H,22,26). The molecule has 3 N–H and O–H groups in total. The first-order valence-corrected chi connectivity index (χ1v) is 9.70. The lowest BCUT2D eigenvalue weighted by Crippen LogP contribution is -2.48. The van der Waals surface area contributed by atoms with Crippen LogP contribution in [0.5, 0.6) is 0 Å². The van der Waals surface area contributed by atoms with Crippen molar-refractivity contribution in [2.24, 2.45) is 5.73 Å². The fourth-order valence-electron chi connectivity index (χ4n) is 3.85. The third-order valence-electron chi connectivity index (χ3n) is 5.31. The Kier molecular flexibility index (Phi) is 6.82. The molecule has 3 rings (SSSR count). The molecule has 27 heavy (non-hydrogen) atoms. The van der Waals surface area contributed by atoms with Gasteiger partial charge in [0, 0.05) is 45.4 Å². The van der Waals surface area contributed by atoms with E-state index < -0.39 is 6.04 Å². The number of benzene rings is 1. The number of rotatable bonds is 9. The number of hydrogen-bond donors (Lipinski definition) is 2. The van der Waals surface area contributed by atoms with Gasteiger partial charge in [0.05, 0.1) is 0 Å². The second kappa shape index (κ2) is 9.30. The Bertz CT molecular complexity index is 635. The van der Waals surface area contributed by atoms with Gasteiger partial charge >= 0.3 is 0 Å². The summed E-state index contributed by atoms with van der Waals surface area (Å²) in [6.07, 6.45) is 3.01. The minimum atomic E-state index is -0.457. The maximum Gasteiger partial charge on any atom is 0.249 e. The van der Waals surface area contributed by atoms with Gasteiger partial charge in [0.15, 0.2) is 0 Å². The van der Waals surface area contributed by atoms with Crippen LogP contribution in [0, 0.1) is 0 Å². The zero-order chi connectivity index (χ0) is 19.2. The van der Waals surface area contributed by atoms with E-state index in [0.29, 0.717) is 32.1 Å². The fourth-order valence-corrected chi connectivity index (χ4v) is 3.85. The molecule has 2 fully saturated rings. The summed E-state index contributed by atoms with van der Waals surface area (Å²) in [6, 6.07) is 10.6. The van der Waals surface area contributed by atoms with E-state index in [4.69, 9.17) is 10.5 Å². The summed E-state index contributed by atoms with van der Waals surface area (Å²) in [4.78, 5) is 29.3.